The zero-order valence-corrected chi connectivity index (χ0v) is 21.5. The number of rotatable bonds is 3. The molecule has 3 aromatic heterocycles. The summed E-state index contributed by atoms with van der Waals surface area (Å²) in [6, 6.07) is 44.5. The number of nitrogens with zero attached hydrogens (tertiary/aromatic N) is 4. The molecule has 8 rings (SSSR count). The molecule has 3 heterocycles. The van der Waals surface area contributed by atoms with Crippen LogP contribution in [0.1, 0.15) is 27.8 Å². The van der Waals surface area contributed by atoms with Gasteiger partial charge in [0.25, 0.3) is 0 Å². The van der Waals surface area contributed by atoms with Gasteiger partial charge in [-0.05, 0) is 76.9 Å². The molecule has 186 valence electrons. The van der Waals surface area contributed by atoms with Crippen molar-refractivity contribution in [1.29, 1.82) is 5.26 Å². The Morgan fingerprint density at radius 2 is 1.20 bits per heavy atom. The molecule has 0 atom stereocenters. The van der Waals surface area contributed by atoms with Gasteiger partial charge in [0.1, 0.15) is 0 Å². The lowest BCUT2D eigenvalue weighted by Crippen LogP contribution is -2.28. The standard InChI is InChI=1S/C36H22N4/c37-23-24-14-16-25(17-15-24)36(30-11-6-20-38-34(30)35-31(36)12-7-21-39-35)26-18-19-33-29(22-26)28-10-4-5-13-32(28)40(33)27-8-2-1-3-9-27/h1-22H. The van der Waals surface area contributed by atoms with Gasteiger partial charge in [-0.1, -0.05) is 66.7 Å². The Bertz CT molecular complexity index is 2070. The van der Waals surface area contributed by atoms with Crippen molar-refractivity contribution >= 4 is 21.8 Å². The van der Waals surface area contributed by atoms with Gasteiger partial charge in [-0.3, -0.25) is 9.97 Å². The molecule has 4 aromatic carbocycles. The summed E-state index contributed by atoms with van der Waals surface area (Å²) < 4.78 is 2.34. The first-order valence-corrected chi connectivity index (χ1v) is 13.3. The highest BCUT2D eigenvalue weighted by Gasteiger charge is 2.47. The molecule has 0 unspecified atom stereocenters. The van der Waals surface area contributed by atoms with Crippen LogP contribution in [-0.4, -0.2) is 14.5 Å². The molecule has 4 nitrogen and oxygen atoms in total. The van der Waals surface area contributed by atoms with E-state index in [-0.39, 0.29) is 0 Å². The molecule has 0 fully saturated rings. The molecule has 0 spiro atoms. The van der Waals surface area contributed by atoms with Crippen LogP contribution in [0.25, 0.3) is 38.9 Å². The molecule has 40 heavy (non-hydrogen) atoms. The summed E-state index contributed by atoms with van der Waals surface area (Å²) in [5.74, 6) is 0. The predicted octanol–water partition coefficient (Wildman–Crippen LogP) is 7.81. The van der Waals surface area contributed by atoms with E-state index in [4.69, 9.17) is 9.97 Å². The van der Waals surface area contributed by atoms with Crippen molar-refractivity contribution in [3.05, 3.63) is 162 Å². The van der Waals surface area contributed by atoms with Crippen LogP contribution in [0.4, 0.5) is 0 Å². The molecule has 1 aliphatic carbocycles. The van der Waals surface area contributed by atoms with E-state index < -0.39 is 5.41 Å². The lowest BCUT2D eigenvalue weighted by atomic mass is 9.68. The highest BCUT2D eigenvalue weighted by Crippen LogP contribution is 2.55. The van der Waals surface area contributed by atoms with E-state index >= 15 is 0 Å². The minimum absolute atomic E-state index is 0.634. The fraction of sp³-hybridized carbons (Fsp3) is 0.0278. The minimum Gasteiger partial charge on any atom is -0.309 e. The largest absolute Gasteiger partial charge is 0.309 e. The molecule has 7 aromatic rings. The second-order valence-corrected chi connectivity index (χ2v) is 10.2. The minimum atomic E-state index is -0.634. The number of pyridine rings is 2. The molecule has 0 amide bonds. The van der Waals surface area contributed by atoms with Gasteiger partial charge < -0.3 is 4.57 Å². The smallest absolute Gasteiger partial charge is 0.0991 e. The van der Waals surface area contributed by atoms with E-state index in [1.54, 1.807) is 0 Å². The van der Waals surface area contributed by atoms with Crippen molar-refractivity contribution in [2.75, 3.05) is 0 Å². The van der Waals surface area contributed by atoms with E-state index in [0.29, 0.717) is 5.56 Å². The van der Waals surface area contributed by atoms with E-state index in [1.807, 2.05) is 42.7 Å². The SMILES string of the molecule is N#Cc1ccc(C2(c3ccc4c(c3)c3ccccc3n4-c3ccccc3)c3cccnc3-c3ncccc32)cc1. The van der Waals surface area contributed by atoms with Crippen LogP contribution < -0.4 is 0 Å². The van der Waals surface area contributed by atoms with Crippen molar-refractivity contribution in [2.24, 2.45) is 0 Å². The first-order chi connectivity index (χ1) is 19.8. The molecule has 0 N–H and O–H groups in total. The number of aromatic nitrogens is 3. The molecule has 4 heteroatoms. The molecule has 0 aliphatic heterocycles. The van der Waals surface area contributed by atoms with Crippen LogP contribution in [0.15, 0.2) is 134 Å². The third kappa shape index (κ3) is 2.95. The molecular weight excluding hydrogens is 488 g/mol. The predicted molar refractivity (Wildman–Crippen MR) is 158 cm³/mol. The zero-order chi connectivity index (χ0) is 26.7. The maximum Gasteiger partial charge on any atom is 0.0991 e. The molecule has 0 saturated carbocycles. The van der Waals surface area contributed by atoms with Crippen LogP contribution in [0.2, 0.25) is 0 Å². The Labute approximate surface area is 231 Å². The van der Waals surface area contributed by atoms with Gasteiger partial charge in [0.15, 0.2) is 0 Å². The van der Waals surface area contributed by atoms with Crippen LogP contribution in [0, 0.1) is 11.3 Å². The van der Waals surface area contributed by atoms with Crippen molar-refractivity contribution in [3.8, 4) is 23.1 Å². The number of nitriles is 1. The van der Waals surface area contributed by atoms with E-state index in [9.17, 15) is 5.26 Å². The number of para-hydroxylation sites is 2. The van der Waals surface area contributed by atoms with E-state index in [1.165, 1.54) is 16.3 Å². The Morgan fingerprint density at radius 3 is 1.90 bits per heavy atom. The highest BCUT2D eigenvalue weighted by atomic mass is 15.0. The monoisotopic (exact) mass is 510 g/mol. The number of benzene rings is 4. The fourth-order valence-electron chi connectivity index (χ4n) is 6.58. The summed E-state index contributed by atoms with van der Waals surface area (Å²) in [6.45, 7) is 0. The van der Waals surface area contributed by atoms with Gasteiger partial charge in [0.05, 0.1) is 39.5 Å². The van der Waals surface area contributed by atoms with Crippen molar-refractivity contribution < 1.29 is 0 Å². The van der Waals surface area contributed by atoms with Crippen molar-refractivity contribution in [3.63, 3.8) is 0 Å². The number of hydrogen-bond acceptors (Lipinski definition) is 3. The lowest BCUT2D eigenvalue weighted by Gasteiger charge is -2.33. The quantitative estimate of drug-likeness (QED) is 0.244. The third-order valence-electron chi connectivity index (χ3n) is 8.21. The number of fused-ring (bicyclic) bond motifs is 6. The molecule has 0 radical (unpaired) electrons. The van der Waals surface area contributed by atoms with Crippen molar-refractivity contribution in [1.82, 2.24) is 14.5 Å². The molecule has 0 bridgehead atoms. The first kappa shape index (κ1) is 22.5. The average molecular weight is 511 g/mol. The van der Waals surface area contributed by atoms with E-state index in [0.717, 1.165) is 44.8 Å². The summed E-state index contributed by atoms with van der Waals surface area (Å²) >= 11 is 0. The molecule has 1 aliphatic rings. The highest BCUT2D eigenvalue weighted by molar-refractivity contribution is 6.09. The maximum atomic E-state index is 9.53. The Morgan fingerprint density at radius 1 is 0.575 bits per heavy atom. The normalized spacial score (nSPS) is 13.2. The third-order valence-corrected chi connectivity index (χ3v) is 8.21. The molecular formula is C36H22N4. The van der Waals surface area contributed by atoms with Crippen molar-refractivity contribution in [2.45, 2.75) is 5.41 Å². The summed E-state index contributed by atoms with van der Waals surface area (Å²) in [5.41, 5.74) is 9.67. The molecule has 0 saturated heterocycles. The maximum absolute atomic E-state index is 9.53. The van der Waals surface area contributed by atoms with Gasteiger partial charge in [0.2, 0.25) is 0 Å². The summed E-state index contributed by atoms with van der Waals surface area (Å²) in [7, 11) is 0. The summed E-state index contributed by atoms with van der Waals surface area (Å²) in [5, 5.41) is 11.9. The lowest BCUT2D eigenvalue weighted by molar-refractivity contribution is 0.766. The summed E-state index contributed by atoms with van der Waals surface area (Å²) in [6.07, 6.45) is 3.67. The van der Waals surface area contributed by atoms with E-state index in [2.05, 4.69) is 102 Å². The van der Waals surface area contributed by atoms with Crippen LogP contribution >= 0.6 is 0 Å². The van der Waals surface area contributed by atoms with Crippen LogP contribution in [0.3, 0.4) is 0 Å². The Kier molecular flexibility index (Phi) is 4.77. The number of hydrogen-bond donors (Lipinski definition) is 0. The first-order valence-electron chi connectivity index (χ1n) is 13.3. The van der Waals surface area contributed by atoms with Gasteiger partial charge in [0, 0.05) is 28.9 Å². The zero-order valence-electron chi connectivity index (χ0n) is 21.5. The van der Waals surface area contributed by atoms with Gasteiger partial charge in [-0.2, -0.15) is 5.26 Å². The van der Waals surface area contributed by atoms with Gasteiger partial charge >= 0.3 is 0 Å². The topological polar surface area (TPSA) is 54.5 Å². The van der Waals surface area contributed by atoms with Gasteiger partial charge in [-0.25, -0.2) is 0 Å². The van der Waals surface area contributed by atoms with Crippen LogP contribution in [0.5, 0.6) is 0 Å². The second kappa shape index (κ2) is 8.49. The fourth-order valence-corrected chi connectivity index (χ4v) is 6.58. The van der Waals surface area contributed by atoms with Gasteiger partial charge in [-0.15, -0.1) is 0 Å². The average Bonchev–Trinajstić information content (AvgIpc) is 3.52. The summed E-state index contributed by atoms with van der Waals surface area (Å²) in [4.78, 5) is 9.64. The Balaban J connectivity index is 1.50. The van der Waals surface area contributed by atoms with Crippen LogP contribution in [-0.2, 0) is 5.41 Å². The Hall–Kier alpha value is -5.53. The second-order valence-electron chi connectivity index (χ2n) is 10.2.